The molecule has 0 atom stereocenters. The van der Waals surface area contributed by atoms with Crippen LogP contribution in [0.1, 0.15) is 0 Å². The lowest BCUT2D eigenvalue weighted by molar-refractivity contribution is 1.15. The summed E-state index contributed by atoms with van der Waals surface area (Å²) < 4.78 is 2.44. The molecule has 2 heterocycles. The number of hydrogen-bond donors (Lipinski definition) is 0. The number of nitrogens with zero attached hydrogens (tertiary/aromatic N) is 3. The van der Waals surface area contributed by atoms with Crippen LogP contribution >= 0.6 is 11.8 Å². The number of benzene rings is 9. The van der Waals surface area contributed by atoms with Crippen LogP contribution in [0.25, 0.3) is 49.4 Å². The Morgan fingerprint density at radius 1 is 0.357 bits per heavy atom. The minimum Gasteiger partial charge on any atom is -0.310 e. The van der Waals surface area contributed by atoms with Gasteiger partial charge in [0.05, 0.1) is 33.8 Å². The number of fused-ring (bicyclic) bond motifs is 6. The molecule has 0 bridgehead atoms. The van der Waals surface area contributed by atoms with E-state index < -0.39 is 0 Å². The van der Waals surface area contributed by atoms with Gasteiger partial charge in [0.15, 0.2) is 0 Å². The molecule has 9 aromatic carbocycles. The zero-order valence-electron chi connectivity index (χ0n) is 30.5. The molecule has 1 aliphatic rings. The zero-order valence-corrected chi connectivity index (χ0v) is 31.3. The Hall–Kier alpha value is -7.01. The molecule has 4 heteroatoms. The Bertz CT molecular complexity index is 3020. The van der Waals surface area contributed by atoms with Crippen molar-refractivity contribution in [1.82, 2.24) is 4.57 Å². The number of para-hydroxylation sites is 4. The van der Waals surface area contributed by atoms with Crippen LogP contribution in [0.4, 0.5) is 34.1 Å². The van der Waals surface area contributed by atoms with Crippen LogP contribution in [-0.2, 0) is 0 Å². The van der Waals surface area contributed by atoms with E-state index in [1.807, 2.05) is 11.8 Å². The van der Waals surface area contributed by atoms with Crippen molar-refractivity contribution in [3.8, 4) is 16.8 Å². The van der Waals surface area contributed by atoms with E-state index in [1.165, 1.54) is 64.9 Å². The lowest BCUT2D eigenvalue weighted by atomic mass is 10.0. The molecule has 0 spiro atoms. The molecule has 0 saturated heterocycles. The fraction of sp³-hybridized carbons (Fsp3) is 0. The molecule has 0 unspecified atom stereocenters. The van der Waals surface area contributed by atoms with Crippen molar-refractivity contribution < 1.29 is 0 Å². The van der Waals surface area contributed by atoms with Gasteiger partial charge in [-0.15, -0.1) is 0 Å². The summed E-state index contributed by atoms with van der Waals surface area (Å²) in [5.41, 5.74) is 12.8. The second-order valence-electron chi connectivity index (χ2n) is 14.2. The Morgan fingerprint density at radius 2 is 0.964 bits per heavy atom. The first kappa shape index (κ1) is 32.4. The average Bonchev–Trinajstić information content (AvgIpc) is 3.59. The fourth-order valence-electron chi connectivity index (χ4n) is 8.46. The van der Waals surface area contributed by atoms with E-state index in [2.05, 4.69) is 227 Å². The third-order valence-corrected chi connectivity index (χ3v) is 12.0. The fourth-order valence-corrected chi connectivity index (χ4v) is 9.54. The highest BCUT2D eigenvalue weighted by Crippen LogP contribution is 2.55. The minimum absolute atomic E-state index is 1.12. The van der Waals surface area contributed by atoms with E-state index in [0.29, 0.717) is 0 Å². The van der Waals surface area contributed by atoms with Gasteiger partial charge in [-0.05, 0) is 90.0 Å². The summed E-state index contributed by atoms with van der Waals surface area (Å²) in [6.07, 6.45) is 0. The normalized spacial score (nSPS) is 12.2. The highest BCUT2D eigenvalue weighted by Gasteiger charge is 2.29. The summed E-state index contributed by atoms with van der Waals surface area (Å²) in [6, 6.07) is 76.9. The molecule has 1 aromatic heterocycles. The van der Waals surface area contributed by atoms with Crippen molar-refractivity contribution >= 4 is 78.5 Å². The summed E-state index contributed by atoms with van der Waals surface area (Å²) in [5.74, 6) is 0. The quantitative estimate of drug-likeness (QED) is 0.169. The van der Waals surface area contributed by atoms with E-state index in [4.69, 9.17) is 0 Å². The summed E-state index contributed by atoms with van der Waals surface area (Å²) >= 11 is 1.86. The van der Waals surface area contributed by atoms with Crippen LogP contribution < -0.4 is 9.80 Å². The molecule has 0 fully saturated rings. The van der Waals surface area contributed by atoms with Crippen molar-refractivity contribution in [2.24, 2.45) is 0 Å². The molecule has 11 rings (SSSR count). The maximum absolute atomic E-state index is 2.49. The minimum atomic E-state index is 1.12. The van der Waals surface area contributed by atoms with E-state index in [1.54, 1.807) is 0 Å². The van der Waals surface area contributed by atoms with Crippen molar-refractivity contribution in [2.45, 2.75) is 9.79 Å². The number of anilines is 6. The van der Waals surface area contributed by atoms with Crippen LogP contribution in [0.2, 0.25) is 0 Å². The highest BCUT2D eigenvalue weighted by molar-refractivity contribution is 7.99. The van der Waals surface area contributed by atoms with Gasteiger partial charge in [0, 0.05) is 48.4 Å². The maximum atomic E-state index is 2.49. The third kappa shape index (κ3) is 5.30. The van der Waals surface area contributed by atoms with Crippen LogP contribution in [0.3, 0.4) is 0 Å². The standard InChI is InChI=1S/C52H35N3S/c1-4-17-36(18-5-1)37-19-14-24-40(33-37)54-46-28-11-10-25-43(46)44-34-52-50(35-49(44)54)55(48-29-12-13-32-51(48)56-52)47-31-16-26-41-42(47)27-15-30-45(41)53(38-20-6-2-7-21-38)39-22-8-3-9-23-39/h1-35H. The summed E-state index contributed by atoms with van der Waals surface area (Å²) in [4.78, 5) is 7.33. The molecular formula is C52H35N3S. The Kier molecular flexibility index (Phi) is 7.75. The first-order valence-electron chi connectivity index (χ1n) is 19.0. The molecule has 0 N–H and O–H groups in total. The van der Waals surface area contributed by atoms with Gasteiger partial charge in [-0.2, -0.15) is 0 Å². The van der Waals surface area contributed by atoms with Crippen molar-refractivity contribution in [1.29, 1.82) is 0 Å². The Morgan fingerprint density at radius 3 is 1.77 bits per heavy atom. The molecule has 0 radical (unpaired) electrons. The lowest BCUT2D eigenvalue weighted by Gasteiger charge is -2.34. The summed E-state index contributed by atoms with van der Waals surface area (Å²) in [5, 5.41) is 4.87. The van der Waals surface area contributed by atoms with Gasteiger partial charge in [0.2, 0.25) is 0 Å². The van der Waals surface area contributed by atoms with E-state index >= 15 is 0 Å². The van der Waals surface area contributed by atoms with Gasteiger partial charge in [-0.3, -0.25) is 0 Å². The van der Waals surface area contributed by atoms with Crippen LogP contribution in [0.5, 0.6) is 0 Å². The van der Waals surface area contributed by atoms with E-state index in [0.717, 1.165) is 28.4 Å². The monoisotopic (exact) mass is 733 g/mol. The molecule has 0 amide bonds. The molecule has 3 nitrogen and oxygen atoms in total. The SMILES string of the molecule is c1ccc(-c2cccc(-n3c4ccccc4c4cc5c(cc43)N(c3cccc4c(N(c6ccccc6)c6ccccc6)cccc34)c3ccccc3S5)c2)cc1. The van der Waals surface area contributed by atoms with Crippen molar-refractivity contribution in [3.63, 3.8) is 0 Å². The Labute approximate surface area is 330 Å². The largest absolute Gasteiger partial charge is 0.310 e. The average molecular weight is 734 g/mol. The topological polar surface area (TPSA) is 11.4 Å². The molecular weight excluding hydrogens is 699 g/mol. The predicted molar refractivity (Wildman–Crippen MR) is 237 cm³/mol. The second-order valence-corrected chi connectivity index (χ2v) is 15.3. The maximum Gasteiger partial charge on any atom is 0.0623 e. The molecule has 1 aliphatic heterocycles. The summed E-state index contributed by atoms with van der Waals surface area (Å²) in [7, 11) is 0. The molecule has 264 valence electrons. The van der Waals surface area contributed by atoms with Gasteiger partial charge in [0.1, 0.15) is 0 Å². The van der Waals surface area contributed by atoms with Crippen LogP contribution in [0.15, 0.2) is 222 Å². The zero-order chi connectivity index (χ0) is 37.0. The summed E-state index contributed by atoms with van der Waals surface area (Å²) in [6.45, 7) is 0. The van der Waals surface area contributed by atoms with E-state index in [9.17, 15) is 0 Å². The Balaban J connectivity index is 1.15. The van der Waals surface area contributed by atoms with Gasteiger partial charge in [-0.1, -0.05) is 145 Å². The van der Waals surface area contributed by atoms with Crippen LogP contribution in [0, 0.1) is 0 Å². The van der Waals surface area contributed by atoms with Gasteiger partial charge in [-0.25, -0.2) is 0 Å². The lowest BCUT2D eigenvalue weighted by Crippen LogP contribution is -2.16. The third-order valence-electron chi connectivity index (χ3n) is 10.9. The highest BCUT2D eigenvalue weighted by atomic mass is 32.2. The predicted octanol–water partition coefficient (Wildman–Crippen LogP) is 15.0. The number of hydrogen-bond acceptors (Lipinski definition) is 3. The number of rotatable bonds is 6. The first-order chi connectivity index (χ1) is 27.8. The van der Waals surface area contributed by atoms with Gasteiger partial charge >= 0.3 is 0 Å². The molecule has 0 aliphatic carbocycles. The van der Waals surface area contributed by atoms with Gasteiger partial charge < -0.3 is 14.4 Å². The van der Waals surface area contributed by atoms with Crippen molar-refractivity contribution in [2.75, 3.05) is 9.80 Å². The smallest absolute Gasteiger partial charge is 0.0623 e. The second kappa shape index (κ2) is 13.4. The molecule has 10 aromatic rings. The first-order valence-corrected chi connectivity index (χ1v) is 19.8. The van der Waals surface area contributed by atoms with Gasteiger partial charge in [0.25, 0.3) is 0 Å². The number of aromatic nitrogens is 1. The molecule has 0 saturated carbocycles. The van der Waals surface area contributed by atoms with Crippen molar-refractivity contribution in [3.05, 3.63) is 212 Å². The molecule has 56 heavy (non-hydrogen) atoms. The van der Waals surface area contributed by atoms with E-state index in [-0.39, 0.29) is 0 Å². The van der Waals surface area contributed by atoms with Crippen LogP contribution in [-0.4, -0.2) is 4.57 Å².